The van der Waals surface area contributed by atoms with Gasteiger partial charge in [0.2, 0.25) is 0 Å². The molecule has 1 aromatic heterocycles. The van der Waals surface area contributed by atoms with E-state index in [0.717, 1.165) is 17.0 Å². The maximum atomic E-state index is 11.2. The Morgan fingerprint density at radius 3 is 2.65 bits per heavy atom. The van der Waals surface area contributed by atoms with Crippen LogP contribution < -0.4 is 5.32 Å². The smallest absolute Gasteiger partial charge is 0.333 e. The van der Waals surface area contributed by atoms with E-state index in [0.29, 0.717) is 9.34 Å². The fourth-order valence-corrected chi connectivity index (χ4v) is 2.30. The highest BCUT2D eigenvalue weighted by Crippen LogP contribution is 2.26. The number of nitrogens with zero attached hydrogens (tertiary/aromatic N) is 1. The van der Waals surface area contributed by atoms with E-state index in [-0.39, 0.29) is 0 Å². The molecule has 2 rings (SSSR count). The molecule has 0 saturated carbocycles. The molecule has 88 valence electrons. The Kier molecular flexibility index (Phi) is 3.61. The molecule has 4 nitrogen and oxygen atoms in total. The second kappa shape index (κ2) is 5.16. The van der Waals surface area contributed by atoms with Crippen LogP contribution in [0.5, 0.6) is 0 Å². The van der Waals surface area contributed by atoms with E-state index in [1.165, 1.54) is 6.20 Å². The van der Waals surface area contributed by atoms with Crippen LogP contribution in [0.1, 0.15) is 11.0 Å². The monoisotopic (exact) mass is 268 g/mol. The van der Waals surface area contributed by atoms with Gasteiger partial charge >= 0.3 is 5.97 Å². The molecule has 0 aliphatic heterocycles. The van der Waals surface area contributed by atoms with Crippen molar-refractivity contribution in [3.8, 4) is 0 Å². The third-order valence-corrected chi connectivity index (χ3v) is 3.25. The number of aromatic nitrogens is 1. The summed E-state index contributed by atoms with van der Waals surface area (Å²) in [5, 5.41) is 12.5. The van der Waals surface area contributed by atoms with Crippen molar-refractivity contribution in [3.63, 3.8) is 0 Å². The molecular formula is C11H9ClN2O2S. The first-order valence-corrected chi connectivity index (χ1v) is 6.02. The predicted octanol–water partition coefficient (Wildman–Crippen LogP) is 3.03. The highest BCUT2D eigenvalue weighted by molar-refractivity contribution is 7.16. The molecule has 0 spiro atoms. The fraction of sp³-hybridized carbons (Fsp3) is 0.0909. The first-order chi connectivity index (χ1) is 8.16. The summed E-state index contributed by atoms with van der Waals surface area (Å²) in [5.74, 6) is -0.986. The zero-order chi connectivity index (χ0) is 12.3. The van der Waals surface area contributed by atoms with Gasteiger partial charge in [0.15, 0.2) is 6.04 Å². The van der Waals surface area contributed by atoms with E-state index in [1.807, 2.05) is 18.2 Å². The second-order valence-corrected chi connectivity index (χ2v) is 4.98. The summed E-state index contributed by atoms with van der Waals surface area (Å²) in [7, 11) is 0. The summed E-state index contributed by atoms with van der Waals surface area (Å²) in [6.07, 6.45) is 1.45. The van der Waals surface area contributed by atoms with Crippen LogP contribution >= 0.6 is 22.9 Å². The quantitative estimate of drug-likeness (QED) is 0.895. The molecule has 2 aromatic rings. The van der Waals surface area contributed by atoms with Gasteiger partial charge in [0, 0.05) is 5.69 Å². The summed E-state index contributed by atoms with van der Waals surface area (Å²) in [6.45, 7) is 0. The maximum absolute atomic E-state index is 11.2. The van der Waals surface area contributed by atoms with Crippen molar-refractivity contribution in [2.75, 3.05) is 5.32 Å². The van der Waals surface area contributed by atoms with Crippen LogP contribution in [0.2, 0.25) is 4.34 Å². The van der Waals surface area contributed by atoms with Gasteiger partial charge in [0.05, 0.1) is 6.20 Å². The van der Waals surface area contributed by atoms with Gasteiger partial charge < -0.3 is 10.4 Å². The number of carbonyl (C=O) groups is 1. The lowest BCUT2D eigenvalue weighted by Gasteiger charge is -2.12. The van der Waals surface area contributed by atoms with Crippen molar-refractivity contribution < 1.29 is 9.90 Å². The molecule has 0 bridgehead atoms. The topological polar surface area (TPSA) is 62.2 Å². The van der Waals surface area contributed by atoms with Crippen molar-refractivity contribution in [2.45, 2.75) is 6.04 Å². The number of rotatable bonds is 4. The SMILES string of the molecule is O=C(O)C(Nc1ccccc1)c1ncc(Cl)s1. The van der Waals surface area contributed by atoms with Crippen molar-refractivity contribution in [2.24, 2.45) is 0 Å². The van der Waals surface area contributed by atoms with Crippen LogP contribution in [0, 0.1) is 0 Å². The Bertz CT molecular complexity index is 515. The van der Waals surface area contributed by atoms with Crippen LogP contribution in [0.25, 0.3) is 0 Å². The molecule has 6 heteroatoms. The van der Waals surface area contributed by atoms with E-state index in [2.05, 4.69) is 10.3 Å². The first-order valence-electron chi connectivity index (χ1n) is 4.82. The number of nitrogens with one attached hydrogen (secondary N) is 1. The number of benzene rings is 1. The van der Waals surface area contributed by atoms with Gasteiger partial charge in [-0.2, -0.15) is 0 Å². The molecule has 1 unspecified atom stereocenters. The number of hydrogen-bond donors (Lipinski definition) is 2. The van der Waals surface area contributed by atoms with Gasteiger partial charge in [-0.05, 0) is 12.1 Å². The summed E-state index contributed by atoms with van der Waals surface area (Å²) in [4.78, 5) is 15.2. The number of carboxylic acids is 1. The Labute approximate surface area is 107 Å². The minimum Gasteiger partial charge on any atom is -0.479 e. The lowest BCUT2D eigenvalue weighted by atomic mass is 10.2. The molecule has 1 heterocycles. The standard InChI is InChI=1S/C11H9ClN2O2S/c12-8-6-13-10(17-8)9(11(15)16)14-7-4-2-1-3-5-7/h1-6,9,14H,(H,15,16). The van der Waals surface area contributed by atoms with Gasteiger partial charge in [-0.25, -0.2) is 9.78 Å². The van der Waals surface area contributed by atoms with Gasteiger partial charge in [0.1, 0.15) is 9.34 Å². The molecular weight excluding hydrogens is 260 g/mol. The summed E-state index contributed by atoms with van der Waals surface area (Å²) in [5.41, 5.74) is 0.728. The minimum atomic E-state index is -0.986. The van der Waals surface area contributed by atoms with Crippen LogP contribution in [0.4, 0.5) is 5.69 Å². The van der Waals surface area contributed by atoms with E-state index < -0.39 is 12.0 Å². The highest BCUT2D eigenvalue weighted by atomic mass is 35.5. The third kappa shape index (κ3) is 2.95. The molecule has 0 aliphatic carbocycles. The first kappa shape index (κ1) is 11.9. The number of hydrogen-bond acceptors (Lipinski definition) is 4. The zero-order valence-electron chi connectivity index (χ0n) is 8.63. The Morgan fingerprint density at radius 2 is 2.12 bits per heavy atom. The Morgan fingerprint density at radius 1 is 1.41 bits per heavy atom. The molecule has 0 fully saturated rings. The average Bonchev–Trinajstić information content (AvgIpc) is 2.73. The predicted molar refractivity (Wildman–Crippen MR) is 67.6 cm³/mol. The van der Waals surface area contributed by atoms with Crippen LogP contribution in [-0.2, 0) is 4.79 Å². The number of para-hydroxylation sites is 1. The van der Waals surface area contributed by atoms with Gasteiger partial charge in [0.25, 0.3) is 0 Å². The molecule has 0 aliphatic rings. The summed E-state index contributed by atoms with van der Waals surface area (Å²) in [6, 6.07) is 8.24. The van der Waals surface area contributed by atoms with Gasteiger partial charge in [-0.3, -0.25) is 0 Å². The van der Waals surface area contributed by atoms with Crippen molar-refractivity contribution in [1.82, 2.24) is 4.98 Å². The molecule has 1 aromatic carbocycles. The van der Waals surface area contributed by atoms with E-state index in [9.17, 15) is 4.79 Å². The average molecular weight is 269 g/mol. The minimum absolute atomic E-state index is 0.436. The number of thiazole rings is 1. The molecule has 17 heavy (non-hydrogen) atoms. The summed E-state index contributed by atoms with van der Waals surface area (Å²) < 4.78 is 0.473. The van der Waals surface area contributed by atoms with Crippen molar-refractivity contribution in [3.05, 3.63) is 45.9 Å². The second-order valence-electron chi connectivity index (χ2n) is 3.28. The number of anilines is 1. The van der Waals surface area contributed by atoms with Crippen LogP contribution in [0.15, 0.2) is 36.5 Å². The molecule has 0 saturated heterocycles. The van der Waals surface area contributed by atoms with E-state index in [4.69, 9.17) is 16.7 Å². The molecule has 0 amide bonds. The lowest BCUT2D eigenvalue weighted by Crippen LogP contribution is -2.20. The maximum Gasteiger partial charge on any atom is 0.333 e. The molecule has 2 N–H and O–H groups in total. The van der Waals surface area contributed by atoms with Crippen molar-refractivity contribution >= 4 is 34.6 Å². The van der Waals surface area contributed by atoms with Gasteiger partial charge in [-0.1, -0.05) is 29.8 Å². The highest BCUT2D eigenvalue weighted by Gasteiger charge is 2.22. The van der Waals surface area contributed by atoms with Gasteiger partial charge in [-0.15, -0.1) is 11.3 Å². The zero-order valence-corrected chi connectivity index (χ0v) is 10.2. The molecule has 1 atom stereocenters. The summed E-state index contributed by atoms with van der Waals surface area (Å²) >= 11 is 6.90. The van der Waals surface area contributed by atoms with Crippen molar-refractivity contribution in [1.29, 1.82) is 0 Å². The van der Waals surface area contributed by atoms with E-state index in [1.54, 1.807) is 12.1 Å². The number of aliphatic carboxylic acids is 1. The normalized spacial score (nSPS) is 12.1. The largest absolute Gasteiger partial charge is 0.479 e. The van der Waals surface area contributed by atoms with E-state index >= 15 is 0 Å². The number of halogens is 1. The number of carboxylic acid groups (broad SMARTS) is 1. The third-order valence-electron chi connectivity index (χ3n) is 2.07. The molecule has 0 radical (unpaired) electrons. The Hall–Kier alpha value is -1.59. The van der Waals surface area contributed by atoms with Crippen LogP contribution in [-0.4, -0.2) is 16.1 Å². The fourth-order valence-electron chi connectivity index (χ4n) is 1.33. The van der Waals surface area contributed by atoms with Crippen LogP contribution in [0.3, 0.4) is 0 Å². The lowest BCUT2D eigenvalue weighted by molar-refractivity contribution is -0.138. The Balaban J connectivity index is 2.22.